The number of fused-ring (bicyclic) bond motifs is 1. The molecule has 2 aliphatic rings. The van der Waals surface area contributed by atoms with Gasteiger partial charge in [-0.2, -0.15) is 0 Å². The van der Waals surface area contributed by atoms with Crippen LogP contribution in [0.2, 0.25) is 0 Å². The molecular formula is C13H22N4. The van der Waals surface area contributed by atoms with Crippen LogP contribution in [0.15, 0.2) is 6.20 Å². The molecule has 3 heterocycles. The molecule has 0 spiro atoms. The Bertz CT molecular complexity index is 398. The summed E-state index contributed by atoms with van der Waals surface area (Å²) in [5.41, 5.74) is 7.54. The summed E-state index contributed by atoms with van der Waals surface area (Å²) in [5.74, 6) is 1.98. The van der Waals surface area contributed by atoms with Gasteiger partial charge in [0, 0.05) is 24.9 Å². The second kappa shape index (κ2) is 4.42. The van der Waals surface area contributed by atoms with Crippen molar-refractivity contribution >= 4 is 0 Å². The Labute approximate surface area is 103 Å². The molecule has 0 aliphatic carbocycles. The molecule has 2 N–H and O–H groups in total. The van der Waals surface area contributed by atoms with Crippen molar-refractivity contribution in [3.8, 4) is 0 Å². The molecule has 2 atom stereocenters. The van der Waals surface area contributed by atoms with E-state index in [0.717, 1.165) is 25.2 Å². The molecule has 4 nitrogen and oxygen atoms in total. The zero-order chi connectivity index (χ0) is 11.8. The first-order valence-electron chi connectivity index (χ1n) is 6.73. The van der Waals surface area contributed by atoms with Crippen molar-refractivity contribution in [1.29, 1.82) is 0 Å². The zero-order valence-electron chi connectivity index (χ0n) is 10.6. The first-order valence-corrected chi connectivity index (χ1v) is 6.73. The number of likely N-dealkylation sites (tertiary alicyclic amines) is 1. The van der Waals surface area contributed by atoms with Crippen LogP contribution in [0, 0.1) is 5.92 Å². The molecule has 4 heteroatoms. The predicted octanol–water partition coefficient (Wildman–Crippen LogP) is 1.17. The number of hydrogen-bond donors (Lipinski definition) is 1. The van der Waals surface area contributed by atoms with Gasteiger partial charge in [-0.15, -0.1) is 0 Å². The van der Waals surface area contributed by atoms with E-state index >= 15 is 0 Å². The number of hydrogen-bond acceptors (Lipinski definition) is 3. The van der Waals surface area contributed by atoms with Crippen LogP contribution >= 0.6 is 0 Å². The Balaban J connectivity index is 1.77. The van der Waals surface area contributed by atoms with Crippen LogP contribution in [0.3, 0.4) is 0 Å². The largest absolute Gasteiger partial charge is 0.316 e. The summed E-state index contributed by atoms with van der Waals surface area (Å²) in [6.07, 6.45) is 8.04. The number of nitrogens with two attached hydrogens (primary N) is 1. The van der Waals surface area contributed by atoms with E-state index in [1.807, 2.05) is 6.20 Å². The van der Waals surface area contributed by atoms with Crippen LogP contribution in [-0.4, -0.2) is 34.6 Å². The third-order valence-electron chi connectivity index (χ3n) is 4.17. The number of rotatable bonds is 2. The fourth-order valence-electron chi connectivity index (χ4n) is 3.25. The average molecular weight is 234 g/mol. The highest BCUT2D eigenvalue weighted by Gasteiger charge is 2.25. The molecule has 0 radical (unpaired) electrons. The highest BCUT2D eigenvalue weighted by Crippen LogP contribution is 2.26. The Kier molecular flexibility index (Phi) is 2.92. The zero-order valence-corrected chi connectivity index (χ0v) is 10.6. The molecule has 1 fully saturated rings. The van der Waals surface area contributed by atoms with Gasteiger partial charge in [-0.3, -0.25) is 0 Å². The third kappa shape index (κ3) is 2.11. The summed E-state index contributed by atoms with van der Waals surface area (Å²) in [6.45, 7) is 2.43. The summed E-state index contributed by atoms with van der Waals surface area (Å²) in [6, 6.07) is 0. The van der Waals surface area contributed by atoms with Gasteiger partial charge in [-0.1, -0.05) is 0 Å². The lowest BCUT2D eigenvalue weighted by molar-refractivity contribution is 0.374. The summed E-state index contributed by atoms with van der Waals surface area (Å²) in [5, 5.41) is 0. The standard InChI is InChI=1S/C13H22N4/c1-16-6-5-10(9-16)7-13-15-8-11-3-2-4-12(14)17(11)13/h8,10,12H,2-7,9,14H2,1H3. The molecule has 17 heavy (non-hydrogen) atoms. The first kappa shape index (κ1) is 11.2. The second-order valence-corrected chi connectivity index (χ2v) is 5.62. The van der Waals surface area contributed by atoms with Crippen LogP contribution in [0.1, 0.15) is 36.9 Å². The number of aromatic nitrogens is 2. The average Bonchev–Trinajstić information content (AvgIpc) is 2.88. The molecule has 94 valence electrons. The summed E-state index contributed by atoms with van der Waals surface area (Å²) >= 11 is 0. The highest BCUT2D eigenvalue weighted by atomic mass is 15.2. The normalized spacial score (nSPS) is 29.5. The lowest BCUT2D eigenvalue weighted by Gasteiger charge is -2.24. The minimum absolute atomic E-state index is 0.162. The molecule has 3 rings (SSSR count). The molecule has 1 saturated heterocycles. The SMILES string of the molecule is CN1CCC(Cc2ncc3n2C(N)CCC3)C1. The molecule has 0 bridgehead atoms. The van der Waals surface area contributed by atoms with E-state index < -0.39 is 0 Å². The van der Waals surface area contributed by atoms with E-state index in [2.05, 4.69) is 21.5 Å². The van der Waals surface area contributed by atoms with Crippen molar-refractivity contribution in [2.75, 3.05) is 20.1 Å². The van der Waals surface area contributed by atoms with Gasteiger partial charge in [-0.05, 0) is 45.2 Å². The fourth-order valence-corrected chi connectivity index (χ4v) is 3.25. The summed E-state index contributed by atoms with van der Waals surface area (Å²) in [7, 11) is 2.20. The van der Waals surface area contributed by atoms with E-state index in [1.54, 1.807) is 0 Å². The Morgan fingerprint density at radius 2 is 2.35 bits per heavy atom. The Hall–Kier alpha value is -0.870. The van der Waals surface area contributed by atoms with E-state index in [9.17, 15) is 0 Å². The summed E-state index contributed by atoms with van der Waals surface area (Å²) < 4.78 is 2.29. The van der Waals surface area contributed by atoms with Crippen molar-refractivity contribution in [2.45, 2.75) is 38.3 Å². The van der Waals surface area contributed by atoms with Crippen molar-refractivity contribution in [1.82, 2.24) is 14.5 Å². The molecule has 2 aliphatic heterocycles. The van der Waals surface area contributed by atoms with Crippen molar-refractivity contribution in [2.24, 2.45) is 11.7 Å². The minimum Gasteiger partial charge on any atom is -0.316 e. The van der Waals surface area contributed by atoms with E-state index in [4.69, 9.17) is 5.73 Å². The topological polar surface area (TPSA) is 47.1 Å². The van der Waals surface area contributed by atoms with Gasteiger partial charge in [0.2, 0.25) is 0 Å². The van der Waals surface area contributed by atoms with E-state index in [-0.39, 0.29) is 6.17 Å². The third-order valence-corrected chi connectivity index (χ3v) is 4.17. The Morgan fingerprint density at radius 1 is 1.47 bits per heavy atom. The van der Waals surface area contributed by atoms with E-state index in [1.165, 1.54) is 37.4 Å². The lowest BCUT2D eigenvalue weighted by atomic mass is 10.0. The van der Waals surface area contributed by atoms with Crippen molar-refractivity contribution in [3.05, 3.63) is 17.7 Å². The van der Waals surface area contributed by atoms with Gasteiger partial charge >= 0.3 is 0 Å². The number of imidazole rings is 1. The first-order chi connectivity index (χ1) is 8.24. The van der Waals surface area contributed by atoms with Crippen LogP contribution < -0.4 is 5.73 Å². The predicted molar refractivity (Wildman–Crippen MR) is 67.7 cm³/mol. The molecule has 1 aromatic rings. The molecule has 0 aromatic carbocycles. The maximum absolute atomic E-state index is 6.21. The maximum Gasteiger partial charge on any atom is 0.110 e. The van der Waals surface area contributed by atoms with Gasteiger partial charge in [0.25, 0.3) is 0 Å². The lowest BCUT2D eigenvalue weighted by Crippen LogP contribution is -2.27. The van der Waals surface area contributed by atoms with E-state index in [0.29, 0.717) is 0 Å². The molecule has 0 saturated carbocycles. The molecule has 2 unspecified atom stereocenters. The molecular weight excluding hydrogens is 212 g/mol. The number of aryl methyl sites for hydroxylation is 1. The fraction of sp³-hybridized carbons (Fsp3) is 0.769. The quantitative estimate of drug-likeness (QED) is 0.835. The number of nitrogens with zero attached hydrogens (tertiary/aromatic N) is 3. The highest BCUT2D eigenvalue weighted by molar-refractivity contribution is 5.10. The van der Waals surface area contributed by atoms with Gasteiger partial charge in [-0.25, -0.2) is 4.98 Å². The maximum atomic E-state index is 6.21. The smallest absolute Gasteiger partial charge is 0.110 e. The summed E-state index contributed by atoms with van der Waals surface area (Å²) in [4.78, 5) is 7.01. The Morgan fingerprint density at radius 3 is 3.12 bits per heavy atom. The van der Waals surface area contributed by atoms with Gasteiger partial charge in [0.1, 0.15) is 5.82 Å². The van der Waals surface area contributed by atoms with Crippen LogP contribution in [0.4, 0.5) is 0 Å². The van der Waals surface area contributed by atoms with Gasteiger partial charge in [0.15, 0.2) is 0 Å². The van der Waals surface area contributed by atoms with Gasteiger partial charge in [0.05, 0.1) is 6.17 Å². The van der Waals surface area contributed by atoms with Crippen LogP contribution in [0.25, 0.3) is 0 Å². The van der Waals surface area contributed by atoms with Crippen LogP contribution in [0.5, 0.6) is 0 Å². The van der Waals surface area contributed by atoms with Crippen molar-refractivity contribution in [3.63, 3.8) is 0 Å². The monoisotopic (exact) mass is 234 g/mol. The molecule has 0 amide bonds. The molecule has 1 aromatic heterocycles. The van der Waals surface area contributed by atoms with Crippen LogP contribution in [-0.2, 0) is 12.8 Å². The second-order valence-electron chi connectivity index (χ2n) is 5.62. The van der Waals surface area contributed by atoms with Gasteiger partial charge < -0.3 is 15.2 Å². The minimum atomic E-state index is 0.162. The van der Waals surface area contributed by atoms with Crippen molar-refractivity contribution < 1.29 is 0 Å².